The number of rotatable bonds is 4. The van der Waals surface area contributed by atoms with E-state index < -0.39 is 10.0 Å². The van der Waals surface area contributed by atoms with Crippen molar-refractivity contribution in [1.82, 2.24) is 0 Å². The van der Waals surface area contributed by atoms with Crippen molar-refractivity contribution < 1.29 is 8.42 Å². The summed E-state index contributed by atoms with van der Waals surface area (Å²) in [7, 11) is -3.53. The van der Waals surface area contributed by atoms with Gasteiger partial charge in [-0.15, -0.1) is 11.8 Å². The van der Waals surface area contributed by atoms with E-state index in [9.17, 15) is 8.42 Å². The molecule has 3 nitrogen and oxygen atoms in total. The molecule has 0 fully saturated rings. The van der Waals surface area contributed by atoms with Gasteiger partial charge in [0.05, 0.1) is 10.6 Å². The first kappa shape index (κ1) is 14.0. The molecule has 2 rings (SSSR count). The number of sulfonamides is 1. The van der Waals surface area contributed by atoms with Gasteiger partial charge in [0.15, 0.2) is 0 Å². The highest BCUT2D eigenvalue weighted by atomic mass is 32.2. The minimum atomic E-state index is -3.53. The molecule has 0 aromatic heterocycles. The number of nitrogens with one attached hydrogen (secondary N) is 1. The van der Waals surface area contributed by atoms with Crippen LogP contribution in [0.15, 0.2) is 58.3 Å². The Hall–Kier alpha value is -1.46. The lowest BCUT2D eigenvalue weighted by Gasteiger charge is -2.11. The van der Waals surface area contributed by atoms with Crippen LogP contribution in [-0.4, -0.2) is 14.7 Å². The minimum Gasteiger partial charge on any atom is -0.278 e. The monoisotopic (exact) mass is 293 g/mol. The van der Waals surface area contributed by atoms with Gasteiger partial charge in [0.2, 0.25) is 0 Å². The fourth-order valence-electron chi connectivity index (χ4n) is 1.65. The van der Waals surface area contributed by atoms with E-state index in [1.54, 1.807) is 30.3 Å². The third kappa shape index (κ3) is 3.30. The van der Waals surface area contributed by atoms with Crippen molar-refractivity contribution >= 4 is 27.5 Å². The zero-order chi connectivity index (χ0) is 13.9. The summed E-state index contributed by atoms with van der Waals surface area (Å²) < 4.78 is 27.1. The lowest BCUT2D eigenvalue weighted by molar-refractivity contribution is 0.601. The molecule has 0 atom stereocenters. The molecule has 0 aliphatic heterocycles. The van der Waals surface area contributed by atoms with Gasteiger partial charge in [-0.05, 0) is 37.4 Å². The molecule has 0 saturated carbocycles. The summed E-state index contributed by atoms with van der Waals surface area (Å²) in [5, 5.41) is 0. The second kappa shape index (κ2) is 5.67. The third-order valence-electron chi connectivity index (χ3n) is 2.68. The molecule has 0 unspecified atom stereocenters. The molecule has 0 saturated heterocycles. The van der Waals surface area contributed by atoms with Crippen LogP contribution in [0.4, 0.5) is 5.69 Å². The lowest BCUT2D eigenvalue weighted by Crippen LogP contribution is -2.13. The normalized spacial score (nSPS) is 11.3. The van der Waals surface area contributed by atoms with Crippen LogP contribution in [0.3, 0.4) is 0 Å². The van der Waals surface area contributed by atoms with E-state index in [4.69, 9.17) is 0 Å². The van der Waals surface area contributed by atoms with Gasteiger partial charge < -0.3 is 0 Å². The van der Waals surface area contributed by atoms with Crippen LogP contribution < -0.4 is 4.72 Å². The summed E-state index contributed by atoms with van der Waals surface area (Å²) in [4.78, 5) is 1.17. The number of aryl methyl sites for hydroxylation is 1. The largest absolute Gasteiger partial charge is 0.278 e. The van der Waals surface area contributed by atoms with Crippen molar-refractivity contribution in [2.24, 2.45) is 0 Å². The average Bonchev–Trinajstić information content (AvgIpc) is 2.39. The molecule has 0 amide bonds. The van der Waals surface area contributed by atoms with Crippen LogP contribution in [0.1, 0.15) is 5.56 Å². The Morgan fingerprint density at radius 3 is 2.26 bits per heavy atom. The summed E-state index contributed by atoms with van der Waals surface area (Å²) in [6.07, 6.45) is 1.92. The van der Waals surface area contributed by atoms with Crippen LogP contribution in [0.25, 0.3) is 0 Å². The molecule has 0 radical (unpaired) electrons. The summed E-state index contributed by atoms with van der Waals surface area (Å²) in [6.45, 7) is 1.92. The highest BCUT2D eigenvalue weighted by Gasteiger charge is 2.15. The van der Waals surface area contributed by atoms with Crippen molar-refractivity contribution in [3.05, 3.63) is 54.1 Å². The molecule has 19 heavy (non-hydrogen) atoms. The Bertz CT molecular complexity index is 664. The predicted octanol–water partition coefficient (Wildman–Crippen LogP) is 3.52. The second-order valence-electron chi connectivity index (χ2n) is 4.12. The van der Waals surface area contributed by atoms with Crippen molar-refractivity contribution in [2.75, 3.05) is 11.0 Å². The zero-order valence-corrected chi connectivity index (χ0v) is 12.4. The molecule has 2 aromatic rings. The number of para-hydroxylation sites is 1. The molecule has 0 heterocycles. The fraction of sp³-hybridized carbons (Fsp3) is 0.143. The van der Waals surface area contributed by atoms with Crippen LogP contribution >= 0.6 is 11.8 Å². The SMILES string of the molecule is CSc1ccccc1NS(=O)(=O)c1ccc(C)cc1. The maximum Gasteiger partial charge on any atom is 0.261 e. The van der Waals surface area contributed by atoms with Gasteiger partial charge >= 0.3 is 0 Å². The highest BCUT2D eigenvalue weighted by molar-refractivity contribution is 7.99. The van der Waals surface area contributed by atoms with E-state index in [2.05, 4.69) is 4.72 Å². The summed E-state index contributed by atoms with van der Waals surface area (Å²) in [6, 6.07) is 14.1. The smallest absolute Gasteiger partial charge is 0.261 e. The van der Waals surface area contributed by atoms with Crippen LogP contribution in [0, 0.1) is 6.92 Å². The predicted molar refractivity (Wildman–Crippen MR) is 80.2 cm³/mol. The van der Waals surface area contributed by atoms with Crippen molar-refractivity contribution in [3.8, 4) is 0 Å². The Balaban J connectivity index is 2.34. The first-order valence-electron chi connectivity index (χ1n) is 5.75. The van der Waals surface area contributed by atoms with Gasteiger partial charge in [0.25, 0.3) is 10.0 Å². The second-order valence-corrected chi connectivity index (χ2v) is 6.65. The lowest BCUT2D eigenvalue weighted by atomic mass is 10.2. The van der Waals surface area contributed by atoms with Gasteiger partial charge in [0.1, 0.15) is 0 Å². The van der Waals surface area contributed by atoms with Gasteiger partial charge in [-0.3, -0.25) is 4.72 Å². The number of hydrogen-bond donors (Lipinski definition) is 1. The topological polar surface area (TPSA) is 46.2 Å². The summed E-state index contributed by atoms with van der Waals surface area (Å²) in [5.74, 6) is 0. The molecule has 0 spiro atoms. The quantitative estimate of drug-likeness (QED) is 0.877. The van der Waals surface area contributed by atoms with Crippen LogP contribution in [0.5, 0.6) is 0 Å². The van der Waals surface area contributed by atoms with E-state index in [1.807, 2.05) is 31.4 Å². The molecule has 0 bridgehead atoms. The minimum absolute atomic E-state index is 0.272. The third-order valence-corrected chi connectivity index (χ3v) is 4.86. The zero-order valence-electron chi connectivity index (χ0n) is 10.8. The standard InChI is InChI=1S/C14H15NO2S2/c1-11-7-9-12(10-8-11)19(16,17)15-13-5-3-4-6-14(13)18-2/h3-10,15H,1-2H3. The fourth-order valence-corrected chi connectivity index (χ4v) is 3.35. The maximum absolute atomic E-state index is 12.3. The summed E-state index contributed by atoms with van der Waals surface area (Å²) >= 11 is 1.51. The van der Waals surface area contributed by atoms with Crippen molar-refractivity contribution in [2.45, 2.75) is 16.7 Å². The van der Waals surface area contributed by atoms with E-state index in [0.717, 1.165) is 10.5 Å². The molecule has 0 aliphatic carbocycles. The number of anilines is 1. The molecule has 0 aliphatic rings. The Kier molecular flexibility index (Phi) is 4.17. The number of benzene rings is 2. The van der Waals surface area contributed by atoms with Crippen molar-refractivity contribution in [3.63, 3.8) is 0 Å². The van der Waals surface area contributed by atoms with E-state index in [-0.39, 0.29) is 4.90 Å². The number of thioether (sulfide) groups is 1. The summed E-state index contributed by atoms with van der Waals surface area (Å²) in [5.41, 5.74) is 1.64. The Labute approximate surface area is 118 Å². The average molecular weight is 293 g/mol. The van der Waals surface area contributed by atoms with E-state index >= 15 is 0 Å². The van der Waals surface area contributed by atoms with E-state index in [1.165, 1.54) is 11.8 Å². The number of hydrogen-bond acceptors (Lipinski definition) is 3. The molecule has 1 N–H and O–H groups in total. The first-order valence-corrected chi connectivity index (χ1v) is 8.46. The maximum atomic E-state index is 12.3. The van der Waals surface area contributed by atoms with Gasteiger partial charge in [0, 0.05) is 4.90 Å². The van der Waals surface area contributed by atoms with Crippen LogP contribution in [0.2, 0.25) is 0 Å². The van der Waals surface area contributed by atoms with Crippen LogP contribution in [-0.2, 0) is 10.0 Å². The van der Waals surface area contributed by atoms with Gasteiger partial charge in [-0.25, -0.2) is 8.42 Å². The van der Waals surface area contributed by atoms with Gasteiger partial charge in [-0.2, -0.15) is 0 Å². The Morgan fingerprint density at radius 2 is 1.63 bits per heavy atom. The Morgan fingerprint density at radius 1 is 1.00 bits per heavy atom. The molecular formula is C14H15NO2S2. The first-order chi connectivity index (χ1) is 9.03. The molecule has 2 aromatic carbocycles. The molecular weight excluding hydrogens is 278 g/mol. The van der Waals surface area contributed by atoms with Gasteiger partial charge in [-0.1, -0.05) is 29.8 Å². The molecule has 100 valence electrons. The highest BCUT2D eigenvalue weighted by Crippen LogP contribution is 2.26. The van der Waals surface area contributed by atoms with Crippen molar-refractivity contribution in [1.29, 1.82) is 0 Å². The molecule has 5 heteroatoms. The van der Waals surface area contributed by atoms with E-state index in [0.29, 0.717) is 5.69 Å².